The average Bonchev–Trinajstić information content (AvgIpc) is 2.66. The number of rotatable bonds is 6. The smallest absolute Gasteiger partial charge is 0.320 e. The number of halogens is 1. The highest BCUT2D eigenvalue weighted by atomic mass is 79.9. The molecule has 2 heterocycles. The van der Waals surface area contributed by atoms with Crippen LogP contribution in [0.1, 0.15) is 49.0 Å². The van der Waals surface area contributed by atoms with E-state index in [0.29, 0.717) is 13.0 Å². The molecule has 0 aliphatic carbocycles. The molecule has 2 atom stereocenters. The van der Waals surface area contributed by atoms with E-state index in [1.807, 2.05) is 50.4 Å². The zero-order chi connectivity index (χ0) is 19.4. The summed E-state index contributed by atoms with van der Waals surface area (Å²) >= 11 is 3.56. The summed E-state index contributed by atoms with van der Waals surface area (Å²) in [7, 11) is 0. The van der Waals surface area contributed by atoms with Gasteiger partial charge >= 0.3 is 5.97 Å². The van der Waals surface area contributed by atoms with Crippen LogP contribution in [-0.2, 0) is 4.79 Å². The molecule has 144 valence electrons. The highest BCUT2D eigenvalue weighted by Gasteiger charge is 2.37. The fourth-order valence-electron chi connectivity index (χ4n) is 3.70. The molecule has 6 heteroatoms. The first-order valence-electron chi connectivity index (χ1n) is 9.34. The summed E-state index contributed by atoms with van der Waals surface area (Å²) in [4.78, 5) is 18.7. The molecule has 5 nitrogen and oxygen atoms in total. The van der Waals surface area contributed by atoms with Crippen molar-refractivity contribution in [2.75, 3.05) is 13.2 Å². The van der Waals surface area contributed by atoms with Crippen LogP contribution < -0.4 is 4.74 Å². The summed E-state index contributed by atoms with van der Waals surface area (Å²) in [5.41, 5.74) is 2.86. The molecule has 1 aliphatic heterocycles. The SMILES string of the molecule is CCOc1ccc(Br)cc1C(c1ccc(C)cn1)N1CCCCC1C(=O)O. The first-order chi connectivity index (χ1) is 13.0. The maximum Gasteiger partial charge on any atom is 0.320 e. The number of carboxylic acid groups (broad SMARTS) is 1. The third-order valence-electron chi connectivity index (χ3n) is 4.94. The molecule has 1 fully saturated rings. The number of ether oxygens (including phenoxy) is 1. The summed E-state index contributed by atoms with van der Waals surface area (Å²) in [5, 5.41) is 9.82. The quantitative estimate of drug-likeness (QED) is 0.723. The van der Waals surface area contributed by atoms with Crippen LogP contribution in [0.3, 0.4) is 0 Å². The van der Waals surface area contributed by atoms with Crippen LogP contribution in [0, 0.1) is 6.92 Å². The molecular weight excluding hydrogens is 408 g/mol. The van der Waals surface area contributed by atoms with Crippen molar-refractivity contribution >= 4 is 21.9 Å². The maximum atomic E-state index is 12.0. The second-order valence-electron chi connectivity index (χ2n) is 6.87. The molecule has 2 aromatic rings. The molecular formula is C21H25BrN2O3. The Hall–Kier alpha value is -1.92. The lowest BCUT2D eigenvalue weighted by atomic mass is 9.93. The van der Waals surface area contributed by atoms with Gasteiger partial charge < -0.3 is 9.84 Å². The van der Waals surface area contributed by atoms with Gasteiger partial charge in [-0.15, -0.1) is 0 Å². The molecule has 2 unspecified atom stereocenters. The molecule has 0 spiro atoms. The predicted octanol–water partition coefficient (Wildman–Crippen LogP) is 4.58. The van der Waals surface area contributed by atoms with Crippen molar-refractivity contribution in [2.24, 2.45) is 0 Å². The minimum absolute atomic E-state index is 0.272. The molecule has 1 saturated heterocycles. The number of benzene rings is 1. The summed E-state index contributed by atoms with van der Waals surface area (Å²) in [6, 6.07) is 9.11. The maximum absolute atomic E-state index is 12.0. The Morgan fingerprint density at radius 2 is 2.19 bits per heavy atom. The number of pyridine rings is 1. The molecule has 1 aromatic carbocycles. The molecule has 0 saturated carbocycles. The molecule has 0 radical (unpaired) electrons. The van der Waals surface area contributed by atoms with Crippen molar-refractivity contribution in [2.45, 2.75) is 45.2 Å². The number of likely N-dealkylation sites (tertiary alicyclic amines) is 1. The minimum Gasteiger partial charge on any atom is -0.494 e. The van der Waals surface area contributed by atoms with Gasteiger partial charge in [0.2, 0.25) is 0 Å². The summed E-state index contributed by atoms with van der Waals surface area (Å²) in [6.45, 7) is 5.21. The Bertz CT molecular complexity index is 795. The number of nitrogens with zero attached hydrogens (tertiary/aromatic N) is 2. The standard InChI is InChI=1S/C21H25BrN2O3/c1-3-27-19-10-8-15(22)12-16(19)20(17-9-7-14(2)13-23-17)24-11-5-4-6-18(24)21(25)26/h7-10,12-13,18,20H,3-6,11H2,1-2H3,(H,25,26). The number of carboxylic acids is 1. The van der Waals surface area contributed by atoms with E-state index in [-0.39, 0.29) is 6.04 Å². The number of carbonyl (C=O) groups is 1. The third-order valence-corrected chi connectivity index (χ3v) is 5.43. The Labute approximate surface area is 168 Å². The second-order valence-corrected chi connectivity index (χ2v) is 7.78. The summed E-state index contributed by atoms with van der Waals surface area (Å²) in [6.07, 6.45) is 4.39. The second kappa shape index (κ2) is 8.85. The minimum atomic E-state index is -0.778. The average molecular weight is 433 g/mol. The van der Waals surface area contributed by atoms with Gasteiger partial charge in [0, 0.05) is 16.2 Å². The number of aromatic nitrogens is 1. The van der Waals surface area contributed by atoms with E-state index >= 15 is 0 Å². The monoisotopic (exact) mass is 432 g/mol. The first-order valence-corrected chi connectivity index (χ1v) is 10.1. The molecule has 0 amide bonds. The van der Waals surface area contributed by atoms with Crippen LogP contribution in [-0.4, -0.2) is 40.2 Å². The lowest BCUT2D eigenvalue weighted by Crippen LogP contribution is -2.47. The van der Waals surface area contributed by atoms with Gasteiger partial charge in [-0.3, -0.25) is 14.7 Å². The number of piperidine rings is 1. The van der Waals surface area contributed by atoms with E-state index in [4.69, 9.17) is 4.74 Å². The van der Waals surface area contributed by atoms with Crippen LogP contribution >= 0.6 is 15.9 Å². The van der Waals surface area contributed by atoms with Gasteiger partial charge in [0.05, 0.1) is 18.3 Å². The largest absolute Gasteiger partial charge is 0.494 e. The molecule has 1 aliphatic rings. The first kappa shape index (κ1) is 19.8. The molecule has 3 rings (SSSR count). The van der Waals surface area contributed by atoms with E-state index in [2.05, 4.69) is 25.8 Å². The van der Waals surface area contributed by atoms with Crippen molar-refractivity contribution in [1.82, 2.24) is 9.88 Å². The lowest BCUT2D eigenvalue weighted by molar-refractivity contribution is -0.145. The van der Waals surface area contributed by atoms with Crippen molar-refractivity contribution < 1.29 is 14.6 Å². The van der Waals surface area contributed by atoms with E-state index in [0.717, 1.165) is 46.4 Å². The molecule has 0 bridgehead atoms. The van der Waals surface area contributed by atoms with Crippen molar-refractivity contribution in [3.05, 3.63) is 57.8 Å². The normalized spacial score (nSPS) is 18.9. The Morgan fingerprint density at radius 3 is 2.85 bits per heavy atom. The Balaban J connectivity index is 2.14. The third kappa shape index (κ3) is 4.50. The number of hydrogen-bond acceptors (Lipinski definition) is 4. The van der Waals surface area contributed by atoms with Gasteiger partial charge in [-0.25, -0.2) is 0 Å². The van der Waals surface area contributed by atoms with Gasteiger partial charge in [-0.05, 0) is 63.1 Å². The van der Waals surface area contributed by atoms with Crippen LogP contribution in [0.5, 0.6) is 5.75 Å². The Kier molecular flexibility index (Phi) is 6.50. The van der Waals surface area contributed by atoms with Crippen LogP contribution in [0.25, 0.3) is 0 Å². The number of hydrogen-bond donors (Lipinski definition) is 1. The summed E-state index contributed by atoms with van der Waals surface area (Å²) < 4.78 is 6.81. The lowest BCUT2D eigenvalue weighted by Gasteiger charge is -2.39. The van der Waals surface area contributed by atoms with Crippen molar-refractivity contribution in [3.63, 3.8) is 0 Å². The van der Waals surface area contributed by atoms with E-state index in [9.17, 15) is 9.90 Å². The number of aryl methyl sites for hydroxylation is 1. The van der Waals surface area contributed by atoms with Gasteiger partial charge in [0.15, 0.2) is 0 Å². The van der Waals surface area contributed by atoms with Gasteiger partial charge in [-0.2, -0.15) is 0 Å². The topological polar surface area (TPSA) is 62.7 Å². The zero-order valence-electron chi connectivity index (χ0n) is 15.7. The van der Waals surface area contributed by atoms with Crippen LogP contribution in [0.2, 0.25) is 0 Å². The van der Waals surface area contributed by atoms with Gasteiger partial charge in [0.1, 0.15) is 11.8 Å². The fourth-order valence-corrected chi connectivity index (χ4v) is 4.08. The molecule has 1 N–H and O–H groups in total. The highest BCUT2D eigenvalue weighted by Crippen LogP contribution is 2.39. The van der Waals surface area contributed by atoms with Gasteiger partial charge in [0.25, 0.3) is 0 Å². The molecule has 27 heavy (non-hydrogen) atoms. The van der Waals surface area contributed by atoms with Crippen molar-refractivity contribution in [1.29, 1.82) is 0 Å². The van der Waals surface area contributed by atoms with Gasteiger partial charge in [-0.1, -0.05) is 28.4 Å². The van der Waals surface area contributed by atoms with E-state index in [1.165, 1.54) is 0 Å². The highest BCUT2D eigenvalue weighted by molar-refractivity contribution is 9.10. The summed E-state index contributed by atoms with van der Waals surface area (Å²) in [5.74, 6) is -0.0115. The predicted molar refractivity (Wildman–Crippen MR) is 108 cm³/mol. The van der Waals surface area contributed by atoms with Crippen LogP contribution in [0.4, 0.5) is 0 Å². The van der Waals surface area contributed by atoms with Crippen molar-refractivity contribution in [3.8, 4) is 5.75 Å². The zero-order valence-corrected chi connectivity index (χ0v) is 17.3. The van der Waals surface area contributed by atoms with E-state index in [1.54, 1.807) is 0 Å². The molecule has 1 aromatic heterocycles. The number of aliphatic carboxylic acids is 1. The fraction of sp³-hybridized carbons (Fsp3) is 0.429. The Morgan fingerprint density at radius 1 is 1.37 bits per heavy atom. The van der Waals surface area contributed by atoms with Crippen LogP contribution in [0.15, 0.2) is 41.0 Å². The van der Waals surface area contributed by atoms with E-state index < -0.39 is 12.0 Å².